The van der Waals surface area contributed by atoms with E-state index in [1.807, 2.05) is 0 Å². The molecule has 0 heteroatoms. The summed E-state index contributed by atoms with van der Waals surface area (Å²) >= 11 is 0. The predicted molar refractivity (Wildman–Crippen MR) is 112 cm³/mol. The quantitative estimate of drug-likeness (QED) is 0.367. The summed E-state index contributed by atoms with van der Waals surface area (Å²) in [7, 11) is 0. The van der Waals surface area contributed by atoms with E-state index in [0.717, 1.165) is 0 Å². The van der Waals surface area contributed by atoms with E-state index in [-0.39, 0.29) is 0 Å². The molecule has 3 aromatic rings. The standard InChI is InChI=1S/C14H10.2C5H12/c1-3-7-13-11(5-1)9-10-12-6-2-4-8-14(12)13;2*1-5(2,3)4/h1-10H;2*1-4H3. The molecule has 0 aliphatic heterocycles. The zero-order valence-electron chi connectivity index (χ0n) is 16.8. The predicted octanol–water partition coefficient (Wildman–Crippen LogP) is 8.10. The first-order valence-electron chi connectivity index (χ1n) is 8.82. The molecule has 0 fully saturated rings. The third kappa shape index (κ3) is 8.72. The molecule has 0 bridgehead atoms. The van der Waals surface area contributed by atoms with Gasteiger partial charge in [0.05, 0.1) is 0 Å². The maximum Gasteiger partial charge on any atom is -0.0105 e. The van der Waals surface area contributed by atoms with Gasteiger partial charge >= 0.3 is 0 Å². The van der Waals surface area contributed by atoms with Crippen LogP contribution in [0.2, 0.25) is 0 Å². The first-order chi connectivity index (χ1) is 10.9. The Balaban J connectivity index is 0.000000243. The summed E-state index contributed by atoms with van der Waals surface area (Å²) in [5, 5.41) is 5.30. The summed E-state index contributed by atoms with van der Waals surface area (Å²) in [6, 6.07) is 21.4. The molecule has 0 aliphatic carbocycles. The molecule has 24 heavy (non-hydrogen) atoms. The topological polar surface area (TPSA) is 0 Å². The Kier molecular flexibility index (Phi) is 7.02. The number of hydrogen-bond acceptors (Lipinski definition) is 0. The number of hydrogen-bond donors (Lipinski definition) is 0. The Morgan fingerprint density at radius 3 is 0.958 bits per heavy atom. The van der Waals surface area contributed by atoms with Crippen molar-refractivity contribution in [3.8, 4) is 0 Å². The minimum absolute atomic E-state index is 0.500. The molecule has 0 amide bonds. The average Bonchev–Trinajstić information content (AvgIpc) is 2.44. The highest BCUT2D eigenvalue weighted by molar-refractivity contribution is 6.07. The largest absolute Gasteiger partial charge is 0.0616 e. The Morgan fingerprint density at radius 1 is 0.417 bits per heavy atom. The highest BCUT2D eigenvalue weighted by atomic mass is 14.0. The van der Waals surface area contributed by atoms with Gasteiger partial charge in [-0.3, -0.25) is 0 Å². The molecule has 0 nitrogen and oxygen atoms in total. The fourth-order valence-corrected chi connectivity index (χ4v) is 1.95. The normalized spacial score (nSPS) is 11.3. The number of benzene rings is 3. The van der Waals surface area contributed by atoms with Gasteiger partial charge in [-0.2, -0.15) is 0 Å². The van der Waals surface area contributed by atoms with Crippen molar-refractivity contribution >= 4 is 21.5 Å². The third-order valence-corrected chi connectivity index (χ3v) is 2.65. The first-order valence-corrected chi connectivity index (χ1v) is 8.82. The molecule has 0 spiro atoms. The van der Waals surface area contributed by atoms with Gasteiger partial charge in [-0.1, -0.05) is 116 Å². The fraction of sp³-hybridized carbons (Fsp3) is 0.417. The maximum absolute atomic E-state index is 2.19. The SMILES string of the molecule is CC(C)(C)C.CC(C)(C)C.c1ccc2c(c1)ccc1ccccc12. The van der Waals surface area contributed by atoms with Gasteiger partial charge in [-0.25, -0.2) is 0 Å². The summed E-state index contributed by atoms with van der Waals surface area (Å²) in [5.41, 5.74) is 1.00. The lowest BCUT2D eigenvalue weighted by molar-refractivity contribution is 0.469. The zero-order chi connectivity index (χ0) is 18.4. The van der Waals surface area contributed by atoms with Gasteiger partial charge in [0.25, 0.3) is 0 Å². The van der Waals surface area contributed by atoms with E-state index in [4.69, 9.17) is 0 Å². The Labute approximate surface area is 148 Å². The van der Waals surface area contributed by atoms with Crippen LogP contribution < -0.4 is 0 Å². The van der Waals surface area contributed by atoms with Crippen molar-refractivity contribution in [2.24, 2.45) is 10.8 Å². The van der Waals surface area contributed by atoms with Crippen molar-refractivity contribution in [2.45, 2.75) is 55.4 Å². The van der Waals surface area contributed by atoms with Gasteiger partial charge < -0.3 is 0 Å². The van der Waals surface area contributed by atoms with Crippen LogP contribution in [0.4, 0.5) is 0 Å². The molecule has 0 aliphatic rings. The molecule has 3 rings (SSSR count). The highest BCUT2D eigenvalue weighted by Crippen LogP contribution is 2.24. The van der Waals surface area contributed by atoms with Crippen LogP contribution in [0, 0.1) is 10.8 Å². The Bertz CT molecular complexity index is 673. The Morgan fingerprint density at radius 2 is 0.667 bits per heavy atom. The highest BCUT2D eigenvalue weighted by Gasteiger charge is 1.97. The zero-order valence-corrected chi connectivity index (χ0v) is 16.8. The van der Waals surface area contributed by atoms with Crippen LogP contribution >= 0.6 is 0 Å². The van der Waals surface area contributed by atoms with Crippen LogP contribution in [0.5, 0.6) is 0 Å². The van der Waals surface area contributed by atoms with E-state index in [1.54, 1.807) is 0 Å². The molecule has 0 unspecified atom stereocenters. The molecular weight excluding hydrogens is 288 g/mol. The second-order valence-corrected chi connectivity index (χ2v) is 9.51. The summed E-state index contributed by atoms with van der Waals surface area (Å²) in [5.74, 6) is 0. The fourth-order valence-electron chi connectivity index (χ4n) is 1.95. The second-order valence-electron chi connectivity index (χ2n) is 9.51. The van der Waals surface area contributed by atoms with Crippen LogP contribution in [0.1, 0.15) is 55.4 Å². The molecule has 0 aromatic heterocycles. The van der Waals surface area contributed by atoms with Crippen molar-refractivity contribution in [3.63, 3.8) is 0 Å². The van der Waals surface area contributed by atoms with E-state index in [2.05, 4.69) is 116 Å². The van der Waals surface area contributed by atoms with Gasteiger partial charge in [0, 0.05) is 0 Å². The van der Waals surface area contributed by atoms with Crippen LogP contribution in [0.3, 0.4) is 0 Å². The summed E-state index contributed by atoms with van der Waals surface area (Å²) in [6.07, 6.45) is 0. The van der Waals surface area contributed by atoms with Gasteiger partial charge in [-0.05, 0) is 32.4 Å². The van der Waals surface area contributed by atoms with Gasteiger partial charge in [0.1, 0.15) is 0 Å². The minimum atomic E-state index is 0.500. The second kappa shape index (κ2) is 8.33. The molecule has 0 heterocycles. The molecule has 3 aromatic carbocycles. The molecule has 0 saturated heterocycles. The lowest BCUT2D eigenvalue weighted by atomic mass is 10.0. The minimum Gasteiger partial charge on any atom is -0.0616 e. The number of fused-ring (bicyclic) bond motifs is 3. The summed E-state index contributed by atoms with van der Waals surface area (Å²) in [6.45, 7) is 17.5. The van der Waals surface area contributed by atoms with Crippen LogP contribution in [-0.2, 0) is 0 Å². The lowest BCUT2D eigenvalue weighted by Crippen LogP contribution is -1.93. The molecule has 0 atom stereocenters. The lowest BCUT2D eigenvalue weighted by Gasteiger charge is -2.05. The average molecular weight is 323 g/mol. The molecule has 0 saturated carbocycles. The first kappa shape index (κ1) is 20.2. The van der Waals surface area contributed by atoms with Crippen molar-refractivity contribution in [1.29, 1.82) is 0 Å². The summed E-state index contributed by atoms with van der Waals surface area (Å²) in [4.78, 5) is 0. The molecule has 0 radical (unpaired) electrons. The number of rotatable bonds is 0. The monoisotopic (exact) mass is 322 g/mol. The van der Waals surface area contributed by atoms with E-state index >= 15 is 0 Å². The van der Waals surface area contributed by atoms with Crippen LogP contribution in [0.15, 0.2) is 60.7 Å². The summed E-state index contributed by atoms with van der Waals surface area (Å²) < 4.78 is 0. The third-order valence-electron chi connectivity index (χ3n) is 2.65. The maximum atomic E-state index is 2.19. The van der Waals surface area contributed by atoms with Crippen molar-refractivity contribution in [3.05, 3.63) is 60.7 Å². The van der Waals surface area contributed by atoms with Crippen LogP contribution in [0.25, 0.3) is 21.5 Å². The smallest absolute Gasteiger partial charge is 0.0105 e. The van der Waals surface area contributed by atoms with Crippen molar-refractivity contribution in [2.75, 3.05) is 0 Å². The molecule has 0 N–H and O–H groups in total. The van der Waals surface area contributed by atoms with Gasteiger partial charge in [-0.15, -0.1) is 0 Å². The van der Waals surface area contributed by atoms with E-state index < -0.39 is 0 Å². The van der Waals surface area contributed by atoms with Gasteiger partial charge in [0.15, 0.2) is 0 Å². The van der Waals surface area contributed by atoms with Crippen LogP contribution in [-0.4, -0.2) is 0 Å². The molecular formula is C24H34. The van der Waals surface area contributed by atoms with E-state index in [1.165, 1.54) is 21.5 Å². The van der Waals surface area contributed by atoms with Crippen molar-refractivity contribution in [1.82, 2.24) is 0 Å². The van der Waals surface area contributed by atoms with Crippen molar-refractivity contribution < 1.29 is 0 Å². The van der Waals surface area contributed by atoms with E-state index in [0.29, 0.717) is 10.8 Å². The van der Waals surface area contributed by atoms with E-state index in [9.17, 15) is 0 Å². The Hall–Kier alpha value is -1.82. The van der Waals surface area contributed by atoms with Gasteiger partial charge in [0.2, 0.25) is 0 Å². The molecule has 130 valence electrons.